The second kappa shape index (κ2) is 6.62. The molecule has 0 radical (unpaired) electrons. The van der Waals surface area contributed by atoms with Gasteiger partial charge in [-0.15, -0.1) is 0 Å². The van der Waals surface area contributed by atoms with Gasteiger partial charge in [-0.05, 0) is 12.3 Å². The van der Waals surface area contributed by atoms with Crippen LogP contribution >= 0.6 is 0 Å². The topological polar surface area (TPSA) is 29.5 Å². The van der Waals surface area contributed by atoms with E-state index in [2.05, 4.69) is 13.8 Å². The van der Waals surface area contributed by atoms with Gasteiger partial charge in [0, 0.05) is 7.11 Å². The van der Waals surface area contributed by atoms with E-state index < -0.39 is 0 Å². The van der Waals surface area contributed by atoms with Crippen LogP contribution in [0.25, 0.3) is 0 Å². The van der Waals surface area contributed by atoms with Gasteiger partial charge in [0.25, 0.3) is 0 Å². The molecule has 11 heavy (non-hydrogen) atoms. The fourth-order valence-corrected chi connectivity index (χ4v) is 1.34. The Morgan fingerprint density at radius 1 is 1.45 bits per heavy atom. The van der Waals surface area contributed by atoms with Crippen molar-refractivity contribution in [2.45, 2.75) is 39.2 Å². The highest BCUT2D eigenvalue weighted by Gasteiger charge is 2.08. The fraction of sp³-hybridized carbons (Fsp3) is 1.00. The van der Waals surface area contributed by atoms with Crippen LogP contribution in [0.5, 0.6) is 0 Å². The Balaban J connectivity index is 3.32. The molecule has 2 heteroatoms. The second-order valence-electron chi connectivity index (χ2n) is 3.24. The summed E-state index contributed by atoms with van der Waals surface area (Å²) in [5.41, 5.74) is 0. The second-order valence-corrected chi connectivity index (χ2v) is 3.24. The lowest BCUT2D eigenvalue weighted by molar-refractivity contribution is 0.0490. The fourth-order valence-electron chi connectivity index (χ4n) is 1.34. The SMILES string of the molecule is CCCC(C)CC(O)COC. The van der Waals surface area contributed by atoms with E-state index in [0.717, 1.165) is 6.42 Å². The molecule has 0 aromatic rings. The van der Waals surface area contributed by atoms with Crippen LogP contribution in [0.4, 0.5) is 0 Å². The van der Waals surface area contributed by atoms with E-state index >= 15 is 0 Å². The quantitative estimate of drug-likeness (QED) is 0.642. The largest absolute Gasteiger partial charge is 0.391 e. The van der Waals surface area contributed by atoms with Crippen molar-refractivity contribution < 1.29 is 9.84 Å². The molecule has 2 unspecified atom stereocenters. The van der Waals surface area contributed by atoms with Gasteiger partial charge in [-0.1, -0.05) is 26.7 Å². The molecular weight excluding hydrogens is 140 g/mol. The summed E-state index contributed by atoms with van der Waals surface area (Å²) in [5, 5.41) is 9.32. The average molecular weight is 160 g/mol. The molecule has 0 aliphatic rings. The zero-order valence-corrected chi connectivity index (χ0v) is 7.84. The third kappa shape index (κ3) is 6.32. The minimum Gasteiger partial charge on any atom is -0.391 e. The normalized spacial score (nSPS) is 16.4. The average Bonchev–Trinajstić information content (AvgIpc) is 1.87. The van der Waals surface area contributed by atoms with Crippen molar-refractivity contribution in [2.75, 3.05) is 13.7 Å². The molecule has 0 bridgehead atoms. The summed E-state index contributed by atoms with van der Waals surface area (Å²) in [6, 6.07) is 0. The first kappa shape index (κ1) is 10.9. The van der Waals surface area contributed by atoms with E-state index in [9.17, 15) is 5.11 Å². The van der Waals surface area contributed by atoms with Crippen LogP contribution in [0, 0.1) is 5.92 Å². The van der Waals surface area contributed by atoms with Crippen molar-refractivity contribution >= 4 is 0 Å². The van der Waals surface area contributed by atoms with Crippen LogP contribution in [0.15, 0.2) is 0 Å². The minimum absolute atomic E-state index is 0.276. The number of aliphatic hydroxyl groups is 1. The smallest absolute Gasteiger partial charge is 0.0776 e. The van der Waals surface area contributed by atoms with Crippen LogP contribution in [-0.4, -0.2) is 24.9 Å². The predicted octanol–water partition coefficient (Wildman–Crippen LogP) is 1.82. The zero-order chi connectivity index (χ0) is 8.69. The van der Waals surface area contributed by atoms with Gasteiger partial charge < -0.3 is 9.84 Å². The molecule has 0 aliphatic carbocycles. The first-order valence-electron chi connectivity index (χ1n) is 4.37. The van der Waals surface area contributed by atoms with E-state index in [4.69, 9.17) is 4.74 Å². The highest BCUT2D eigenvalue weighted by molar-refractivity contribution is 4.59. The summed E-state index contributed by atoms with van der Waals surface area (Å²) in [6.45, 7) is 4.80. The lowest BCUT2D eigenvalue weighted by atomic mass is 9.99. The van der Waals surface area contributed by atoms with Crippen LogP contribution in [0.1, 0.15) is 33.1 Å². The standard InChI is InChI=1S/C9H20O2/c1-4-5-8(2)6-9(10)7-11-3/h8-10H,4-7H2,1-3H3. The molecule has 2 nitrogen and oxygen atoms in total. The molecule has 68 valence electrons. The summed E-state index contributed by atoms with van der Waals surface area (Å²) < 4.78 is 4.83. The minimum atomic E-state index is -0.276. The van der Waals surface area contributed by atoms with Gasteiger partial charge >= 0.3 is 0 Å². The monoisotopic (exact) mass is 160 g/mol. The van der Waals surface area contributed by atoms with E-state index in [-0.39, 0.29) is 6.10 Å². The summed E-state index contributed by atoms with van der Waals surface area (Å²) in [4.78, 5) is 0. The Hall–Kier alpha value is -0.0800. The molecule has 0 aromatic heterocycles. The Bertz CT molecular complexity index is 73.6. The Kier molecular flexibility index (Phi) is 6.57. The van der Waals surface area contributed by atoms with E-state index in [1.54, 1.807) is 7.11 Å². The first-order valence-corrected chi connectivity index (χ1v) is 4.37. The third-order valence-corrected chi connectivity index (χ3v) is 1.81. The Morgan fingerprint density at radius 3 is 2.55 bits per heavy atom. The number of hydrogen-bond donors (Lipinski definition) is 1. The van der Waals surface area contributed by atoms with Gasteiger partial charge in [0.05, 0.1) is 12.7 Å². The molecule has 1 N–H and O–H groups in total. The van der Waals surface area contributed by atoms with E-state index in [1.807, 2.05) is 0 Å². The van der Waals surface area contributed by atoms with Gasteiger partial charge in [0.2, 0.25) is 0 Å². The number of hydrogen-bond acceptors (Lipinski definition) is 2. The molecule has 0 amide bonds. The molecule has 0 aromatic carbocycles. The number of aliphatic hydroxyl groups excluding tert-OH is 1. The zero-order valence-electron chi connectivity index (χ0n) is 7.84. The van der Waals surface area contributed by atoms with Crippen molar-refractivity contribution in [1.29, 1.82) is 0 Å². The van der Waals surface area contributed by atoms with Gasteiger partial charge in [0.15, 0.2) is 0 Å². The molecular formula is C9H20O2. The van der Waals surface area contributed by atoms with Gasteiger partial charge in [-0.25, -0.2) is 0 Å². The van der Waals surface area contributed by atoms with Gasteiger partial charge in [-0.2, -0.15) is 0 Å². The molecule has 0 saturated heterocycles. The molecule has 0 spiro atoms. The molecule has 2 atom stereocenters. The maximum Gasteiger partial charge on any atom is 0.0776 e. The molecule has 0 fully saturated rings. The summed E-state index contributed by atoms with van der Waals surface area (Å²) >= 11 is 0. The Morgan fingerprint density at radius 2 is 2.09 bits per heavy atom. The van der Waals surface area contributed by atoms with E-state index in [0.29, 0.717) is 12.5 Å². The van der Waals surface area contributed by atoms with Crippen LogP contribution in [0.2, 0.25) is 0 Å². The molecule has 0 heterocycles. The molecule has 0 rings (SSSR count). The maximum absolute atomic E-state index is 9.32. The third-order valence-electron chi connectivity index (χ3n) is 1.81. The lowest BCUT2D eigenvalue weighted by Crippen LogP contribution is -2.17. The predicted molar refractivity (Wildman–Crippen MR) is 46.6 cm³/mol. The molecule has 0 saturated carbocycles. The summed E-state index contributed by atoms with van der Waals surface area (Å²) in [5.74, 6) is 0.616. The van der Waals surface area contributed by atoms with Gasteiger partial charge in [-0.3, -0.25) is 0 Å². The highest BCUT2D eigenvalue weighted by Crippen LogP contribution is 2.12. The lowest BCUT2D eigenvalue weighted by Gasteiger charge is -2.14. The van der Waals surface area contributed by atoms with Crippen LogP contribution in [-0.2, 0) is 4.74 Å². The van der Waals surface area contributed by atoms with Crippen LogP contribution < -0.4 is 0 Å². The summed E-state index contributed by atoms with van der Waals surface area (Å²) in [6.07, 6.45) is 2.98. The van der Waals surface area contributed by atoms with Crippen molar-refractivity contribution in [1.82, 2.24) is 0 Å². The van der Waals surface area contributed by atoms with Crippen LogP contribution in [0.3, 0.4) is 0 Å². The number of rotatable bonds is 6. The van der Waals surface area contributed by atoms with E-state index in [1.165, 1.54) is 12.8 Å². The van der Waals surface area contributed by atoms with Crippen molar-refractivity contribution in [3.63, 3.8) is 0 Å². The summed E-state index contributed by atoms with van der Waals surface area (Å²) in [7, 11) is 1.62. The first-order chi connectivity index (χ1) is 5.20. The molecule has 0 aliphatic heterocycles. The Labute approximate surface area is 69.6 Å². The van der Waals surface area contributed by atoms with Gasteiger partial charge in [0.1, 0.15) is 0 Å². The number of methoxy groups -OCH3 is 1. The van der Waals surface area contributed by atoms with Crippen molar-refractivity contribution in [3.8, 4) is 0 Å². The number of ether oxygens (including phenoxy) is 1. The highest BCUT2D eigenvalue weighted by atomic mass is 16.5. The maximum atomic E-state index is 9.32. The van der Waals surface area contributed by atoms with Crippen molar-refractivity contribution in [2.24, 2.45) is 5.92 Å². The van der Waals surface area contributed by atoms with Crippen molar-refractivity contribution in [3.05, 3.63) is 0 Å².